The molecule has 0 spiro atoms. The van der Waals surface area contributed by atoms with Crippen LogP contribution in [0.2, 0.25) is 0 Å². The summed E-state index contributed by atoms with van der Waals surface area (Å²) < 4.78 is 0. The first-order valence-electron chi connectivity index (χ1n) is 6.70. The highest BCUT2D eigenvalue weighted by Gasteiger charge is 2.27. The molecule has 100 valence electrons. The van der Waals surface area contributed by atoms with Crippen LogP contribution in [0.4, 0.5) is 0 Å². The first kappa shape index (κ1) is 13.6. The van der Waals surface area contributed by atoms with Crippen molar-refractivity contribution in [3.05, 3.63) is 22.4 Å². The summed E-state index contributed by atoms with van der Waals surface area (Å²) in [5, 5.41) is 14.6. The van der Waals surface area contributed by atoms with Crippen LogP contribution in [0.1, 0.15) is 49.9 Å². The van der Waals surface area contributed by atoms with Crippen molar-refractivity contribution in [3.63, 3.8) is 0 Å². The van der Waals surface area contributed by atoms with E-state index in [1.54, 1.807) is 11.3 Å². The van der Waals surface area contributed by atoms with E-state index in [-0.39, 0.29) is 12.5 Å². The molecule has 0 radical (unpaired) electrons. The fourth-order valence-electron chi connectivity index (χ4n) is 2.79. The number of carbonyl (C=O) groups is 1. The van der Waals surface area contributed by atoms with Gasteiger partial charge in [0.15, 0.2) is 0 Å². The number of carboxylic acids is 1. The zero-order valence-corrected chi connectivity index (χ0v) is 11.6. The number of rotatable bonds is 6. The van der Waals surface area contributed by atoms with Gasteiger partial charge in [-0.05, 0) is 36.6 Å². The summed E-state index contributed by atoms with van der Waals surface area (Å²) in [5.74, 6) is 0.0854. The van der Waals surface area contributed by atoms with Gasteiger partial charge in [-0.2, -0.15) is 0 Å². The molecule has 3 unspecified atom stereocenters. The molecule has 0 bridgehead atoms. The summed E-state index contributed by atoms with van der Waals surface area (Å²) in [4.78, 5) is 12.1. The minimum absolute atomic E-state index is 0.0249. The summed E-state index contributed by atoms with van der Waals surface area (Å²) in [5.41, 5.74) is 0. The molecule has 2 N–H and O–H groups in total. The Morgan fingerprint density at radius 3 is 3.00 bits per heavy atom. The number of hydrogen-bond acceptors (Lipinski definition) is 3. The Bertz CT molecular complexity index is 377. The Morgan fingerprint density at radius 2 is 2.44 bits per heavy atom. The van der Waals surface area contributed by atoms with Crippen LogP contribution in [0, 0.1) is 5.92 Å². The molecule has 1 aliphatic carbocycles. The smallest absolute Gasteiger partial charge is 0.305 e. The Balaban J connectivity index is 1.96. The molecule has 0 saturated heterocycles. The molecular weight excluding hydrogens is 246 g/mol. The highest BCUT2D eigenvalue weighted by molar-refractivity contribution is 7.10. The lowest BCUT2D eigenvalue weighted by Crippen LogP contribution is -2.32. The lowest BCUT2D eigenvalue weighted by Gasteiger charge is -2.21. The van der Waals surface area contributed by atoms with E-state index in [4.69, 9.17) is 5.11 Å². The molecule has 3 atom stereocenters. The first-order valence-corrected chi connectivity index (χ1v) is 7.58. The second kappa shape index (κ2) is 6.34. The standard InChI is InChI=1S/C14H21NO2S/c1-2-10-5-6-11(8-10)15-12(9-14(16)17)13-4-3-7-18-13/h3-4,7,10-12,15H,2,5-6,8-9H2,1H3,(H,16,17). The van der Waals surface area contributed by atoms with E-state index in [2.05, 4.69) is 12.2 Å². The first-order chi connectivity index (χ1) is 8.69. The van der Waals surface area contributed by atoms with Crippen LogP contribution in [-0.4, -0.2) is 17.1 Å². The molecule has 0 aromatic carbocycles. The van der Waals surface area contributed by atoms with Crippen molar-refractivity contribution in [2.45, 2.75) is 51.1 Å². The minimum atomic E-state index is -0.731. The third-order valence-electron chi connectivity index (χ3n) is 3.82. The second-order valence-electron chi connectivity index (χ2n) is 5.12. The van der Waals surface area contributed by atoms with Gasteiger partial charge in [-0.25, -0.2) is 0 Å². The zero-order valence-electron chi connectivity index (χ0n) is 10.8. The highest BCUT2D eigenvalue weighted by atomic mass is 32.1. The predicted octanol–water partition coefficient (Wildman–Crippen LogP) is 3.43. The maximum atomic E-state index is 11.0. The third-order valence-corrected chi connectivity index (χ3v) is 4.81. The molecule has 1 heterocycles. The van der Waals surface area contributed by atoms with Gasteiger partial charge in [0.05, 0.1) is 12.5 Å². The van der Waals surface area contributed by atoms with E-state index in [1.807, 2.05) is 17.5 Å². The van der Waals surface area contributed by atoms with Crippen LogP contribution in [0.15, 0.2) is 17.5 Å². The number of nitrogens with one attached hydrogen (secondary N) is 1. The lowest BCUT2D eigenvalue weighted by atomic mass is 10.0. The fraction of sp³-hybridized carbons (Fsp3) is 0.643. The van der Waals surface area contributed by atoms with Crippen molar-refractivity contribution in [1.29, 1.82) is 0 Å². The minimum Gasteiger partial charge on any atom is -0.481 e. The van der Waals surface area contributed by atoms with Gasteiger partial charge in [0.25, 0.3) is 0 Å². The summed E-state index contributed by atoms with van der Waals surface area (Å²) in [7, 11) is 0. The van der Waals surface area contributed by atoms with Crippen LogP contribution in [0.5, 0.6) is 0 Å². The Labute approximate surface area is 112 Å². The van der Waals surface area contributed by atoms with Gasteiger partial charge in [0.1, 0.15) is 0 Å². The molecule has 1 aromatic heterocycles. The fourth-order valence-corrected chi connectivity index (χ4v) is 3.57. The van der Waals surface area contributed by atoms with Gasteiger partial charge in [-0.15, -0.1) is 11.3 Å². The summed E-state index contributed by atoms with van der Waals surface area (Å²) >= 11 is 1.64. The Morgan fingerprint density at radius 1 is 1.61 bits per heavy atom. The molecule has 1 saturated carbocycles. The van der Waals surface area contributed by atoms with E-state index >= 15 is 0 Å². The largest absolute Gasteiger partial charge is 0.481 e. The Hall–Kier alpha value is -0.870. The summed E-state index contributed by atoms with van der Waals surface area (Å²) in [6, 6.07) is 4.47. The number of hydrogen-bond donors (Lipinski definition) is 2. The number of carboxylic acid groups (broad SMARTS) is 1. The topological polar surface area (TPSA) is 49.3 Å². The molecule has 0 aliphatic heterocycles. The number of thiophene rings is 1. The molecule has 1 aliphatic rings. The molecule has 18 heavy (non-hydrogen) atoms. The van der Waals surface area contributed by atoms with Gasteiger partial charge in [0.2, 0.25) is 0 Å². The molecule has 1 fully saturated rings. The van der Waals surface area contributed by atoms with Crippen molar-refractivity contribution in [3.8, 4) is 0 Å². The van der Waals surface area contributed by atoms with Gasteiger partial charge in [-0.3, -0.25) is 4.79 Å². The van der Waals surface area contributed by atoms with E-state index in [0.717, 1.165) is 10.8 Å². The third kappa shape index (κ3) is 3.56. The van der Waals surface area contributed by atoms with Gasteiger partial charge in [0, 0.05) is 10.9 Å². The zero-order chi connectivity index (χ0) is 13.0. The average molecular weight is 267 g/mol. The average Bonchev–Trinajstić information content (AvgIpc) is 2.98. The van der Waals surface area contributed by atoms with Crippen molar-refractivity contribution >= 4 is 17.3 Å². The quantitative estimate of drug-likeness (QED) is 0.830. The molecule has 0 amide bonds. The van der Waals surface area contributed by atoms with Crippen molar-refractivity contribution in [2.24, 2.45) is 5.92 Å². The highest BCUT2D eigenvalue weighted by Crippen LogP contribution is 2.31. The van der Waals surface area contributed by atoms with E-state index in [9.17, 15) is 4.79 Å². The maximum absolute atomic E-state index is 11.0. The van der Waals surface area contributed by atoms with Crippen LogP contribution >= 0.6 is 11.3 Å². The molecule has 2 rings (SSSR count). The van der Waals surface area contributed by atoms with E-state index in [0.29, 0.717) is 6.04 Å². The number of aliphatic carboxylic acids is 1. The van der Waals surface area contributed by atoms with Crippen LogP contribution < -0.4 is 5.32 Å². The monoisotopic (exact) mass is 267 g/mol. The maximum Gasteiger partial charge on any atom is 0.305 e. The Kier molecular flexibility index (Phi) is 4.78. The van der Waals surface area contributed by atoms with E-state index < -0.39 is 5.97 Å². The SMILES string of the molecule is CCC1CCC(NC(CC(=O)O)c2cccs2)C1. The van der Waals surface area contributed by atoms with Gasteiger partial charge < -0.3 is 10.4 Å². The van der Waals surface area contributed by atoms with Crippen molar-refractivity contribution < 1.29 is 9.90 Å². The normalized spacial score (nSPS) is 25.2. The molecule has 1 aromatic rings. The molecule has 3 nitrogen and oxygen atoms in total. The summed E-state index contributed by atoms with van der Waals surface area (Å²) in [6.45, 7) is 2.24. The summed E-state index contributed by atoms with van der Waals surface area (Å²) in [6.07, 6.45) is 5.06. The predicted molar refractivity (Wildman–Crippen MR) is 73.9 cm³/mol. The molecule has 4 heteroatoms. The van der Waals surface area contributed by atoms with Crippen LogP contribution in [0.3, 0.4) is 0 Å². The van der Waals surface area contributed by atoms with Crippen molar-refractivity contribution in [1.82, 2.24) is 5.32 Å². The lowest BCUT2D eigenvalue weighted by molar-refractivity contribution is -0.137. The van der Waals surface area contributed by atoms with Crippen LogP contribution in [-0.2, 0) is 4.79 Å². The van der Waals surface area contributed by atoms with Gasteiger partial charge >= 0.3 is 5.97 Å². The van der Waals surface area contributed by atoms with Crippen molar-refractivity contribution in [2.75, 3.05) is 0 Å². The van der Waals surface area contributed by atoms with E-state index in [1.165, 1.54) is 25.7 Å². The van der Waals surface area contributed by atoms with Crippen LogP contribution in [0.25, 0.3) is 0 Å². The second-order valence-corrected chi connectivity index (χ2v) is 6.10. The van der Waals surface area contributed by atoms with Gasteiger partial charge in [-0.1, -0.05) is 19.4 Å². The molecular formula is C14H21NO2S.